The average Bonchev–Trinajstić information content (AvgIpc) is 2.22. The van der Waals surface area contributed by atoms with Crippen LogP contribution in [0.4, 0.5) is 0 Å². The zero-order valence-electron chi connectivity index (χ0n) is 11.4. The third-order valence-electron chi connectivity index (χ3n) is 3.07. The van der Waals surface area contributed by atoms with Gasteiger partial charge in [0, 0.05) is 28.9 Å². The molecule has 0 heterocycles. The number of nitrogens with one attached hydrogen (secondary N) is 1. The molecule has 0 amide bonds. The number of rotatable bonds is 10. The first kappa shape index (κ1) is 16.1. The van der Waals surface area contributed by atoms with Gasteiger partial charge in [0.15, 0.2) is 0 Å². The Morgan fingerprint density at radius 3 is 2.44 bits per heavy atom. The summed E-state index contributed by atoms with van der Waals surface area (Å²) in [7, 11) is -0.679. The Morgan fingerprint density at radius 1 is 1.25 bits per heavy atom. The summed E-state index contributed by atoms with van der Waals surface area (Å²) in [5.41, 5.74) is 0. The van der Waals surface area contributed by atoms with Crippen molar-refractivity contribution >= 4 is 10.8 Å². The van der Waals surface area contributed by atoms with Crippen molar-refractivity contribution in [1.82, 2.24) is 5.32 Å². The molecular weight excluding hydrogens is 218 g/mol. The van der Waals surface area contributed by atoms with Crippen molar-refractivity contribution in [2.24, 2.45) is 5.92 Å². The van der Waals surface area contributed by atoms with Crippen molar-refractivity contribution in [2.75, 3.05) is 18.6 Å². The lowest BCUT2D eigenvalue weighted by molar-refractivity contribution is 0.401. The third-order valence-corrected chi connectivity index (χ3v) is 4.04. The van der Waals surface area contributed by atoms with Gasteiger partial charge in [0.05, 0.1) is 0 Å². The zero-order chi connectivity index (χ0) is 12.4. The summed E-state index contributed by atoms with van der Waals surface area (Å²) in [6, 6.07) is 0.384. The Labute approximate surface area is 104 Å². The van der Waals surface area contributed by atoms with Crippen molar-refractivity contribution in [3.05, 3.63) is 0 Å². The fraction of sp³-hybridized carbons (Fsp3) is 1.00. The minimum absolute atomic E-state index is 0.384. The van der Waals surface area contributed by atoms with Crippen molar-refractivity contribution in [3.8, 4) is 0 Å². The molecule has 3 heteroatoms. The molecule has 0 bridgehead atoms. The number of hydrogen-bond acceptors (Lipinski definition) is 2. The molecule has 0 aromatic rings. The van der Waals surface area contributed by atoms with Crippen LogP contribution in [0.1, 0.15) is 52.9 Å². The first-order valence-corrected chi connectivity index (χ1v) is 8.36. The summed E-state index contributed by atoms with van der Waals surface area (Å²) in [5.74, 6) is 1.64. The SMILES string of the molecule is CCCCC(CC)CCNC(C)CS(C)=O. The van der Waals surface area contributed by atoms with Crippen molar-refractivity contribution in [1.29, 1.82) is 0 Å². The van der Waals surface area contributed by atoms with Crippen LogP contribution in [-0.4, -0.2) is 28.8 Å². The van der Waals surface area contributed by atoms with Gasteiger partial charge in [0.2, 0.25) is 0 Å². The van der Waals surface area contributed by atoms with Gasteiger partial charge >= 0.3 is 0 Å². The van der Waals surface area contributed by atoms with Gasteiger partial charge in [-0.1, -0.05) is 39.5 Å². The third kappa shape index (κ3) is 9.34. The van der Waals surface area contributed by atoms with Crippen molar-refractivity contribution in [2.45, 2.75) is 58.9 Å². The van der Waals surface area contributed by atoms with Crippen LogP contribution in [0.5, 0.6) is 0 Å². The molecule has 0 saturated carbocycles. The van der Waals surface area contributed by atoms with E-state index in [4.69, 9.17) is 0 Å². The molecule has 1 N–H and O–H groups in total. The second kappa shape index (κ2) is 10.3. The van der Waals surface area contributed by atoms with Crippen LogP contribution in [-0.2, 0) is 10.8 Å². The number of hydrogen-bond donors (Lipinski definition) is 1. The van der Waals surface area contributed by atoms with Gasteiger partial charge in [0.1, 0.15) is 0 Å². The van der Waals surface area contributed by atoms with Crippen LogP contribution in [0, 0.1) is 5.92 Å². The van der Waals surface area contributed by atoms with Crippen LogP contribution >= 0.6 is 0 Å². The maximum absolute atomic E-state index is 11.0. The van der Waals surface area contributed by atoms with E-state index in [9.17, 15) is 4.21 Å². The molecule has 16 heavy (non-hydrogen) atoms. The molecule has 0 aromatic heterocycles. The summed E-state index contributed by atoms with van der Waals surface area (Å²) in [6.45, 7) is 7.73. The minimum Gasteiger partial charge on any atom is -0.313 e. The summed E-state index contributed by atoms with van der Waals surface area (Å²) < 4.78 is 11.0. The lowest BCUT2D eigenvalue weighted by atomic mass is 9.96. The smallest absolute Gasteiger partial charge is 0.0383 e. The predicted molar refractivity (Wildman–Crippen MR) is 74.3 cm³/mol. The van der Waals surface area contributed by atoms with Gasteiger partial charge < -0.3 is 5.32 Å². The van der Waals surface area contributed by atoms with Gasteiger partial charge in [-0.25, -0.2) is 0 Å². The summed E-state index contributed by atoms with van der Waals surface area (Å²) in [4.78, 5) is 0. The van der Waals surface area contributed by atoms with E-state index >= 15 is 0 Å². The maximum atomic E-state index is 11.0. The van der Waals surface area contributed by atoms with E-state index in [1.165, 1.54) is 32.1 Å². The monoisotopic (exact) mass is 247 g/mol. The van der Waals surface area contributed by atoms with E-state index in [-0.39, 0.29) is 0 Å². The fourth-order valence-corrected chi connectivity index (χ4v) is 2.81. The Hall–Kier alpha value is 0.110. The molecule has 98 valence electrons. The normalized spacial score (nSPS) is 17.0. The fourth-order valence-electron chi connectivity index (χ4n) is 1.99. The van der Waals surface area contributed by atoms with Gasteiger partial charge in [-0.05, 0) is 25.8 Å². The Morgan fingerprint density at radius 2 is 1.94 bits per heavy atom. The van der Waals surface area contributed by atoms with Crippen molar-refractivity contribution in [3.63, 3.8) is 0 Å². The molecule has 0 aromatic carbocycles. The Kier molecular flexibility index (Phi) is 10.3. The molecule has 0 aliphatic carbocycles. The molecule has 3 unspecified atom stereocenters. The van der Waals surface area contributed by atoms with Crippen LogP contribution in [0.25, 0.3) is 0 Å². The predicted octanol–water partition coefficient (Wildman–Crippen LogP) is 2.95. The first-order valence-electron chi connectivity index (χ1n) is 6.63. The molecular formula is C13H29NOS. The molecule has 2 nitrogen and oxygen atoms in total. The minimum atomic E-state index is -0.679. The van der Waals surface area contributed by atoms with E-state index in [0.29, 0.717) is 6.04 Å². The summed E-state index contributed by atoms with van der Waals surface area (Å²) in [6.07, 6.45) is 8.34. The quantitative estimate of drug-likeness (QED) is 0.643. The van der Waals surface area contributed by atoms with E-state index in [1.807, 2.05) is 0 Å². The molecule has 0 rings (SSSR count). The van der Waals surface area contributed by atoms with E-state index in [0.717, 1.165) is 18.2 Å². The summed E-state index contributed by atoms with van der Waals surface area (Å²) >= 11 is 0. The second-order valence-corrected chi connectivity index (χ2v) is 6.28. The van der Waals surface area contributed by atoms with E-state index in [2.05, 4.69) is 26.1 Å². The second-order valence-electron chi connectivity index (χ2n) is 4.80. The van der Waals surface area contributed by atoms with Gasteiger partial charge in [-0.3, -0.25) is 4.21 Å². The first-order chi connectivity index (χ1) is 7.60. The van der Waals surface area contributed by atoms with Gasteiger partial charge in [-0.15, -0.1) is 0 Å². The van der Waals surface area contributed by atoms with E-state index in [1.54, 1.807) is 6.26 Å². The van der Waals surface area contributed by atoms with Crippen molar-refractivity contribution < 1.29 is 4.21 Å². The van der Waals surface area contributed by atoms with Crippen LogP contribution < -0.4 is 5.32 Å². The highest BCUT2D eigenvalue weighted by Crippen LogP contribution is 2.15. The zero-order valence-corrected chi connectivity index (χ0v) is 12.2. The number of unbranched alkanes of at least 4 members (excludes halogenated alkanes) is 1. The van der Waals surface area contributed by atoms with Crippen LogP contribution in [0.15, 0.2) is 0 Å². The van der Waals surface area contributed by atoms with Gasteiger partial charge in [0.25, 0.3) is 0 Å². The average molecular weight is 247 g/mol. The maximum Gasteiger partial charge on any atom is 0.0383 e. The van der Waals surface area contributed by atoms with Crippen LogP contribution in [0.2, 0.25) is 0 Å². The molecule has 0 saturated heterocycles. The molecule has 0 spiro atoms. The molecule has 3 atom stereocenters. The Bertz CT molecular complexity index is 185. The largest absolute Gasteiger partial charge is 0.313 e. The highest BCUT2D eigenvalue weighted by molar-refractivity contribution is 7.84. The Balaban J connectivity index is 3.56. The highest BCUT2D eigenvalue weighted by Gasteiger charge is 2.07. The molecule has 0 aliphatic rings. The lowest BCUT2D eigenvalue weighted by Gasteiger charge is -2.17. The topological polar surface area (TPSA) is 29.1 Å². The van der Waals surface area contributed by atoms with E-state index < -0.39 is 10.8 Å². The highest BCUT2D eigenvalue weighted by atomic mass is 32.2. The lowest BCUT2D eigenvalue weighted by Crippen LogP contribution is -2.32. The molecule has 0 radical (unpaired) electrons. The van der Waals surface area contributed by atoms with Crippen LogP contribution in [0.3, 0.4) is 0 Å². The standard InChI is InChI=1S/C13H29NOS/c1-5-7-8-13(6-2)9-10-14-12(3)11-16(4)15/h12-14H,5-11H2,1-4H3. The molecule has 0 fully saturated rings. The van der Waals surface area contributed by atoms with Gasteiger partial charge in [-0.2, -0.15) is 0 Å². The summed E-state index contributed by atoms with van der Waals surface area (Å²) in [5, 5.41) is 3.46. The molecule has 0 aliphatic heterocycles.